The number of amides is 1. The van der Waals surface area contributed by atoms with Gasteiger partial charge in [-0.1, -0.05) is 18.2 Å². The van der Waals surface area contributed by atoms with Gasteiger partial charge < -0.3 is 4.90 Å². The third-order valence-electron chi connectivity index (χ3n) is 3.44. The van der Waals surface area contributed by atoms with Crippen molar-refractivity contribution in [3.63, 3.8) is 0 Å². The highest BCUT2D eigenvalue weighted by molar-refractivity contribution is 6.17. The normalized spacial score (nSPS) is 15.1. The number of alkyl halides is 1. The van der Waals surface area contributed by atoms with Crippen LogP contribution in [-0.4, -0.2) is 18.3 Å². The lowest BCUT2D eigenvalue weighted by molar-refractivity contribution is -0.118. The average Bonchev–Trinajstić information content (AvgIpc) is 2.61. The van der Waals surface area contributed by atoms with E-state index in [1.807, 2.05) is 11.0 Å². The Balaban J connectivity index is 2.09. The lowest BCUT2D eigenvalue weighted by atomic mass is 10.1. The molecule has 1 amide bonds. The molecule has 2 rings (SSSR count). The van der Waals surface area contributed by atoms with Gasteiger partial charge in [0.1, 0.15) is 0 Å². The first-order valence-electron chi connectivity index (χ1n) is 6.77. The van der Waals surface area contributed by atoms with Gasteiger partial charge in [-0.2, -0.15) is 0 Å². The maximum absolute atomic E-state index is 12.3. The molecule has 1 aliphatic heterocycles. The average molecular weight is 266 g/mol. The fourth-order valence-electron chi connectivity index (χ4n) is 2.46. The van der Waals surface area contributed by atoms with E-state index in [0.717, 1.165) is 37.9 Å². The Morgan fingerprint density at radius 2 is 2.06 bits per heavy atom. The fourth-order valence-corrected chi connectivity index (χ4v) is 2.65. The topological polar surface area (TPSA) is 20.3 Å². The number of rotatable bonds is 4. The number of carbonyl (C=O) groups is 1. The van der Waals surface area contributed by atoms with Crippen molar-refractivity contribution in [1.29, 1.82) is 0 Å². The predicted octanol–water partition coefficient (Wildman–Crippen LogP) is 3.77. The van der Waals surface area contributed by atoms with Crippen molar-refractivity contribution in [2.24, 2.45) is 0 Å². The lowest BCUT2D eigenvalue weighted by Gasteiger charge is -2.22. The third-order valence-corrected chi connectivity index (χ3v) is 3.70. The van der Waals surface area contributed by atoms with Crippen molar-refractivity contribution in [2.45, 2.75) is 38.5 Å². The third kappa shape index (κ3) is 3.26. The van der Waals surface area contributed by atoms with Crippen molar-refractivity contribution in [2.75, 3.05) is 17.3 Å². The summed E-state index contributed by atoms with van der Waals surface area (Å²) in [5, 5.41) is 0. The molecule has 0 atom stereocenters. The lowest BCUT2D eigenvalue weighted by Crippen LogP contribution is -2.31. The summed E-state index contributed by atoms with van der Waals surface area (Å²) < 4.78 is 0. The molecule has 98 valence electrons. The van der Waals surface area contributed by atoms with Gasteiger partial charge in [-0.15, -0.1) is 11.6 Å². The van der Waals surface area contributed by atoms with Crippen LogP contribution in [0.1, 0.15) is 37.7 Å². The number of nitrogens with zero attached hydrogens (tertiary/aromatic N) is 1. The van der Waals surface area contributed by atoms with Crippen LogP contribution in [0.5, 0.6) is 0 Å². The first-order chi connectivity index (χ1) is 8.83. The van der Waals surface area contributed by atoms with Crippen molar-refractivity contribution < 1.29 is 4.79 Å². The summed E-state index contributed by atoms with van der Waals surface area (Å²) in [5.74, 6) is 0.888. The Kier molecular flexibility index (Phi) is 5.06. The van der Waals surface area contributed by atoms with Crippen LogP contribution in [0.3, 0.4) is 0 Å². The molecule has 0 spiro atoms. The Hall–Kier alpha value is -1.02. The number of aryl methyl sites for hydroxylation is 1. The van der Waals surface area contributed by atoms with Gasteiger partial charge in [-0.05, 0) is 43.7 Å². The number of unbranched alkanes of at least 4 members (excludes halogenated alkanes) is 1. The SMILES string of the molecule is O=C(CCCCCl)N1CCCCc2ccccc21. The Labute approximate surface area is 114 Å². The number of para-hydroxylation sites is 1. The van der Waals surface area contributed by atoms with E-state index in [2.05, 4.69) is 18.2 Å². The summed E-state index contributed by atoms with van der Waals surface area (Å²) in [7, 11) is 0. The summed E-state index contributed by atoms with van der Waals surface area (Å²) in [6.45, 7) is 0.858. The zero-order chi connectivity index (χ0) is 12.8. The monoisotopic (exact) mass is 265 g/mol. The molecule has 1 aliphatic rings. The molecule has 1 aromatic carbocycles. The molecule has 0 saturated carbocycles. The Morgan fingerprint density at radius 1 is 1.22 bits per heavy atom. The Bertz CT molecular complexity index is 405. The van der Waals surface area contributed by atoms with Gasteiger partial charge >= 0.3 is 0 Å². The number of hydrogen-bond donors (Lipinski definition) is 0. The number of carbonyl (C=O) groups excluding carboxylic acids is 1. The summed E-state index contributed by atoms with van der Waals surface area (Å²) in [6.07, 6.45) is 5.77. The summed E-state index contributed by atoms with van der Waals surface area (Å²) in [4.78, 5) is 14.2. The summed E-state index contributed by atoms with van der Waals surface area (Å²) >= 11 is 5.65. The second-order valence-corrected chi connectivity index (χ2v) is 5.16. The van der Waals surface area contributed by atoms with Crippen LogP contribution >= 0.6 is 11.6 Å². The molecule has 0 aliphatic carbocycles. The molecule has 0 aromatic heterocycles. The van der Waals surface area contributed by atoms with E-state index in [4.69, 9.17) is 11.6 Å². The van der Waals surface area contributed by atoms with E-state index in [1.165, 1.54) is 12.0 Å². The zero-order valence-corrected chi connectivity index (χ0v) is 11.5. The van der Waals surface area contributed by atoms with Crippen LogP contribution in [0, 0.1) is 0 Å². The molecule has 0 radical (unpaired) electrons. The molecule has 0 unspecified atom stereocenters. The number of hydrogen-bond acceptors (Lipinski definition) is 1. The van der Waals surface area contributed by atoms with E-state index >= 15 is 0 Å². The first kappa shape index (κ1) is 13.4. The second kappa shape index (κ2) is 6.79. The highest BCUT2D eigenvalue weighted by atomic mass is 35.5. The molecule has 18 heavy (non-hydrogen) atoms. The molecule has 0 fully saturated rings. The molecule has 0 N–H and O–H groups in total. The van der Waals surface area contributed by atoms with Gasteiger partial charge in [0.2, 0.25) is 5.91 Å². The minimum Gasteiger partial charge on any atom is -0.312 e. The molecule has 1 aromatic rings. The van der Waals surface area contributed by atoms with Gasteiger partial charge in [0, 0.05) is 24.5 Å². The number of halogens is 1. The van der Waals surface area contributed by atoms with Gasteiger partial charge in [-0.25, -0.2) is 0 Å². The van der Waals surface area contributed by atoms with Gasteiger partial charge in [-0.3, -0.25) is 4.79 Å². The van der Waals surface area contributed by atoms with Crippen LogP contribution in [-0.2, 0) is 11.2 Å². The van der Waals surface area contributed by atoms with Crippen molar-refractivity contribution >= 4 is 23.2 Å². The predicted molar refractivity (Wildman–Crippen MR) is 76.3 cm³/mol. The largest absolute Gasteiger partial charge is 0.312 e. The molecule has 3 heteroatoms. The number of benzene rings is 1. The van der Waals surface area contributed by atoms with E-state index in [9.17, 15) is 4.79 Å². The molecule has 0 bridgehead atoms. The fraction of sp³-hybridized carbons (Fsp3) is 0.533. The van der Waals surface area contributed by atoms with Crippen molar-refractivity contribution in [3.8, 4) is 0 Å². The molecule has 0 saturated heterocycles. The second-order valence-electron chi connectivity index (χ2n) is 4.78. The van der Waals surface area contributed by atoms with Gasteiger partial charge in [0.25, 0.3) is 0 Å². The summed E-state index contributed by atoms with van der Waals surface area (Å²) in [5.41, 5.74) is 2.42. The standard InChI is InChI=1S/C15H20ClNO/c16-11-5-3-10-15(18)17-12-6-4-8-13-7-1-2-9-14(13)17/h1-2,7,9H,3-6,8,10-12H2. The quantitative estimate of drug-likeness (QED) is 0.600. The number of anilines is 1. The van der Waals surface area contributed by atoms with Crippen molar-refractivity contribution in [3.05, 3.63) is 29.8 Å². The van der Waals surface area contributed by atoms with Crippen LogP contribution in [0.25, 0.3) is 0 Å². The molecular formula is C15H20ClNO. The highest BCUT2D eigenvalue weighted by Gasteiger charge is 2.19. The maximum atomic E-state index is 12.3. The minimum atomic E-state index is 0.245. The van der Waals surface area contributed by atoms with E-state index in [0.29, 0.717) is 12.3 Å². The van der Waals surface area contributed by atoms with E-state index < -0.39 is 0 Å². The van der Waals surface area contributed by atoms with E-state index in [1.54, 1.807) is 0 Å². The maximum Gasteiger partial charge on any atom is 0.226 e. The van der Waals surface area contributed by atoms with Crippen LogP contribution in [0.4, 0.5) is 5.69 Å². The zero-order valence-electron chi connectivity index (χ0n) is 10.7. The first-order valence-corrected chi connectivity index (χ1v) is 7.30. The van der Waals surface area contributed by atoms with Crippen molar-refractivity contribution in [1.82, 2.24) is 0 Å². The molecule has 2 nitrogen and oxygen atoms in total. The Morgan fingerprint density at radius 3 is 2.89 bits per heavy atom. The minimum absolute atomic E-state index is 0.245. The molecular weight excluding hydrogens is 246 g/mol. The molecule has 1 heterocycles. The smallest absolute Gasteiger partial charge is 0.226 e. The highest BCUT2D eigenvalue weighted by Crippen LogP contribution is 2.26. The van der Waals surface area contributed by atoms with Crippen LogP contribution in [0.2, 0.25) is 0 Å². The summed E-state index contributed by atoms with van der Waals surface area (Å²) in [6, 6.07) is 8.28. The number of fused-ring (bicyclic) bond motifs is 1. The van der Waals surface area contributed by atoms with E-state index in [-0.39, 0.29) is 5.91 Å². The van der Waals surface area contributed by atoms with Crippen LogP contribution in [0.15, 0.2) is 24.3 Å². The van der Waals surface area contributed by atoms with Crippen LogP contribution < -0.4 is 4.90 Å². The van der Waals surface area contributed by atoms with Gasteiger partial charge in [0.05, 0.1) is 0 Å². The van der Waals surface area contributed by atoms with Gasteiger partial charge in [0.15, 0.2) is 0 Å².